The van der Waals surface area contributed by atoms with E-state index in [4.69, 9.17) is 0 Å². The molecule has 2 unspecified atom stereocenters. The minimum absolute atomic E-state index is 0.164. The molecule has 19 heavy (non-hydrogen) atoms. The molecule has 1 aromatic carbocycles. The fraction of sp³-hybridized carbons (Fsp3) is 0.562. The fourth-order valence-electron chi connectivity index (χ4n) is 2.72. The molecule has 0 aliphatic heterocycles. The lowest BCUT2D eigenvalue weighted by atomic mass is 10.0. The Balaban J connectivity index is 2.02. The van der Waals surface area contributed by atoms with Crippen LogP contribution in [0.4, 0.5) is 4.39 Å². The first-order chi connectivity index (χ1) is 9.08. The Morgan fingerprint density at radius 2 is 2.05 bits per heavy atom. The SMILES string of the molecule is Cc1cccc(C(=O)NC2CCCC(C)CC2)c1F. The maximum absolute atomic E-state index is 13.9. The van der Waals surface area contributed by atoms with Crippen LogP contribution in [0.5, 0.6) is 0 Å². The highest BCUT2D eigenvalue weighted by atomic mass is 19.1. The molecule has 0 bridgehead atoms. The number of rotatable bonds is 2. The van der Waals surface area contributed by atoms with E-state index in [-0.39, 0.29) is 17.5 Å². The topological polar surface area (TPSA) is 29.1 Å². The van der Waals surface area contributed by atoms with Gasteiger partial charge in [0.15, 0.2) is 0 Å². The van der Waals surface area contributed by atoms with E-state index in [1.165, 1.54) is 6.42 Å². The van der Waals surface area contributed by atoms with Crippen LogP contribution in [0.25, 0.3) is 0 Å². The third kappa shape index (κ3) is 3.55. The molecule has 1 N–H and O–H groups in total. The zero-order chi connectivity index (χ0) is 13.8. The van der Waals surface area contributed by atoms with E-state index in [1.54, 1.807) is 25.1 Å². The van der Waals surface area contributed by atoms with Crippen molar-refractivity contribution in [2.75, 3.05) is 0 Å². The second-order valence-electron chi connectivity index (χ2n) is 5.72. The summed E-state index contributed by atoms with van der Waals surface area (Å²) in [5, 5.41) is 2.98. The van der Waals surface area contributed by atoms with Gasteiger partial charge in [0.05, 0.1) is 5.56 Å². The van der Waals surface area contributed by atoms with Crippen LogP contribution >= 0.6 is 0 Å². The molecule has 1 aromatic rings. The molecule has 104 valence electrons. The summed E-state index contributed by atoms with van der Waals surface area (Å²) in [4.78, 5) is 12.1. The first-order valence-electron chi connectivity index (χ1n) is 7.14. The lowest BCUT2D eigenvalue weighted by Gasteiger charge is -2.17. The van der Waals surface area contributed by atoms with Crippen LogP contribution in [0.1, 0.15) is 54.9 Å². The normalized spacial score (nSPS) is 23.7. The van der Waals surface area contributed by atoms with Gasteiger partial charge in [-0.05, 0) is 43.7 Å². The van der Waals surface area contributed by atoms with Crippen molar-refractivity contribution in [3.63, 3.8) is 0 Å². The summed E-state index contributed by atoms with van der Waals surface area (Å²) in [6, 6.07) is 5.15. The highest BCUT2D eigenvalue weighted by Gasteiger charge is 2.20. The number of aryl methyl sites for hydroxylation is 1. The van der Waals surface area contributed by atoms with Gasteiger partial charge >= 0.3 is 0 Å². The predicted octanol–water partition coefficient (Wildman–Crippen LogP) is 3.83. The van der Waals surface area contributed by atoms with Crippen LogP contribution in [-0.4, -0.2) is 11.9 Å². The summed E-state index contributed by atoms with van der Waals surface area (Å²) in [6.07, 6.45) is 5.51. The highest BCUT2D eigenvalue weighted by molar-refractivity contribution is 5.94. The third-order valence-electron chi connectivity index (χ3n) is 4.03. The Morgan fingerprint density at radius 3 is 2.84 bits per heavy atom. The van der Waals surface area contributed by atoms with Crippen LogP contribution in [0.2, 0.25) is 0 Å². The molecule has 1 saturated carbocycles. The Kier molecular flexibility index (Phi) is 4.56. The molecule has 1 amide bonds. The summed E-state index contributed by atoms with van der Waals surface area (Å²) in [5.41, 5.74) is 0.680. The maximum Gasteiger partial charge on any atom is 0.254 e. The zero-order valence-corrected chi connectivity index (χ0v) is 11.7. The summed E-state index contributed by atoms with van der Waals surface area (Å²) in [7, 11) is 0. The molecule has 2 nitrogen and oxygen atoms in total. The van der Waals surface area contributed by atoms with E-state index in [1.807, 2.05) is 0 Å². The molecular formula is C16H22FNO. The van der Waals surface area contributed by atoms with Gasteiger partial charge in [0.25, 0.3) is 5.91 Å². The smallest absolute Gasteiger partial charge is 0.254 e. The van der Waals surface area contributed by atoms with Gasteiger partial charge in [-0.1, -0.05) is 31.9 Å². The molecular weight excluding hydrogens is 241 g/mol. The zero-order valence-electron chi connectivity index (χ0n) is 11.7. The number of hydrogen-bond acceptors (Lipinski definition) is 1. The second-order valence-corrected chi connectivity index (χ2v) is 5.72. The molecule has 3 heteroatoms. The van der Waals surface area contributed by atoms with Gasteiger partial charge in [0, 0.05) is 6.04 Å². The maximum atomic E-state index is 13.9. The molecule has 2 atom stereocenters. The molecule has 0 saturated heterocycles. The fourth-order valence-corrected chi connectivity index (χ4v) is 2.72. The van der Waals surface area contributed by atoms with Crippen molar-refractivity contribution in [1.82, 2.24) is 5.32 Å². The van der Waals surface area contributed by atoms with E-state index in [9.17, 15) is 9.18 Å². The number of hydrogen-bond donors (Lipinski definition) is 1. The van der Waals surface area contributed by atoms with Crippen molar-refractivity contribution in [2.24, 2.45) is 5.92 Å². The van der Waals surface area contributed by atoms with Crippen molar-refractivity contribution in [3.05, 3.63) is 35.1 Å². The van der Waals surface area contributed by atoms with Crippen LogP contribution in [0.15, 0.2) is 18.2 Å². The van der Waals surface area contributed by atoms with Crippen LogP contribution in [-0.2, 0) is 0 Å². The number of carbonyl (C=O) groups is 1. The lowest BCUT2D eigenvalue weighted by Crippen LogP contribution is -2.35. The van der Waals surface area contributed by atoms with E-state index < -0.39 is 5.82 Å². The number of carbonyl (C=O) groups excluding carboxylic acids is 1. The monoisotopic (exact) mass is 263 g/mol. The van der Waals surface area contributed by atoms with Crippen LogP contribution < -0.4 is 5.32 Å². The van der Waals surface area contributed by atoms with Crippen LogP contribution in [0.3, 0.4) is 0 Å². The molecule has 1 fully saturated rings. The summed E-state index contributed by atoms with van der Waals surface area (Å²) < 4.78 is 13.9. The molecule has 0 radical (unpaired) electrons. The van der Waals surface area contributed by atoms with Gasteiger partial charge in [-0.3, -0.25) is 4.79 Å². The first kappa shape index (κ1) is 14.0. The Labute approximate surface area is 114 Å². The van der Waals surface area contributed by atoms with Crippen molar-refractivity contribution >= 4 is 5.91 Å². The van der Waals surface area contributed by atoms with Crippen LogP contribution in [0, 0.1) is 18.7 Å². The molecule has 1 aliphatic carbocycles. The van der Waals surface area contributed by atoms with Gasteiger partial charge in [0.2, 0.25) is 0 Å². The largest absolute Gasteiger partial charge is 0.349 e. The second kappa shape index (κ2) is 6.18. The van der Waals surface area contributed by atoms with E-state index in [2.05, 4.69) is 12.2 Å². The van der Waals surface area contributed by atoms with E-state index in [0.717, 1.165) is 31.6 Å². The number of benzene rings is 1. The quantitative estimate of drug-likeness (QED) is 0.807. The average Bonchev–Trinajstić information content (AvgIpc) is 2.58. The predicted molar refractivity (Wildman–Crippen MR) is 74.6 cm³/mol. The van der Waals surface area contributed by atoms with Gasteiger partial charge < -0.3 is 5.32 Å². The van der Waals surface area contributed by atoms with Gasteiger partial charge in [-0.2, -0.15) is 0 Å². The average molecular weight is 263 g/mol. The molecule has 0 heterocycles. The number of halogens is 1. The minimum atomic E-state index is -0.401. The van der Waals surface area contributed by atoms with Crippen molar-refractivity contribution in [3.8, 4) is 0 Å². The van der Waals surface area contributed by atoms with E-state index in [0.29, 0.717) is 5.56 Å². The van der Waals surface area contributed by atoms with Crippen molar-refractivity contribution in [1.29, 1.82) is 0 Å². The molecule has 0 spiro atoms. The van der Waals surface area contributed by atoms with Crippen molar-refractivity contribution < 1.29 is 9.18 Å². The summed E-state index contributed by atoms with van der Waals surface area (Å²) in [6.45, 7) is 3.93. The Hall–Kier alpha value is -1.38. The summed E-state index contributed by atoms with van der Waals surface area (Å²) >= 11 is 0. The third-order valence-corrected chi connectivity index (χ3v) is 4.03. The standard InChI is InChI=1S/C16H22FNO/c1-11-5-3-7-13(10-9-11)18-16(19)14-8-4-6-12(2)15(14)17/h4,6,8,11,13H,3,5,7,9-10H2,1-2H3,(H,18,19). The number of amides is 1. The molecule has 2 rings (SSSR count). The molecule has 0 aromatic heterocycles. The van der Waals surface area contributed by atoms with Gasteiger partial charge in [-0.25, -0.2) is 4.39 Å². The van der Waals surface area contributed by atoms with Gasteiger partial charge in [0.1, 0.15) is 5.82 Å². The minimum Gasteiger partial charge on any atom is -0.349 e. The summed E-state index contributed by atoms with van der Waals surface area (Å²) in [5.74, 6) is 0.0559. The highest BCUT2D eigenvalue weighted by Crippen LogP contribution is 2.23. The van der Waals surface area contributed by atoms with E-state index >= 15 is 0 Å². The number of nitrogens with one attached hydrogen (secondary N) is 1. The first-order valence-corrected chi connectivity index (χ1v) is 7.14. The Bertz CT molecular complexity index is 458. The van der Waals surface area contributed by atoms with Gasteiger partial charge in [-0.15, -0.1) is 0 Å². The molecule has 1 aliphatic rings. The Morgan fingerprint density at radius 1 is 1.26 bits per heavy atom. The lowest BCUT2D eigenvalue weighted by molar-refractivity contribution is 0.0929. The van der Waals surface area contributed by atoms with Crippen molar-refractivity contribution in [2.45, 2.75) is 52.0 Å².